The van der Waals surface area contributed by atoms with Crippen LogP contribution >= 0.6 is 28.3 Å². The van der Waals surface area contributed by atoms with Gasteiger partial charge in [0.1, 0.15) is 5.82 Å². The molecule has 0 unspecified atom stereocenters. The number of benzene rings is 1. The summed E-state index contributed by atoms with van der Waals surface area (Å²) in [4.78, 5) is 0. The van der Waals surface area contributed by atoms with Gasteiger partial charge in [0.2, 0.25) is 0 Å². The number of nitrogens with two attached hydrogens (primary N) is 1. The maximum absolute atomic E-state index is 13.4. The van der Waals surface area contributed by atoms with Crippen LogP contribution in [0.5, 0.6) is 0 Å². The Balaban J connectivity index is 0.00000169. The van der Waals surface area contributed by atoms with Crippen molar-refractivity contribution in [1.29, 1.82) is 0 Å². The zero-order valence-corrected chi connectivity index (χ0v) is 9.98. The van der Waals surface area contributed by atoms with Gasteiger partial charge in [-0.3, -0.25) is 0 Å². The monoisotopic (exact) mass is 283 g/mol. The quantitative estimate of drug-likeness (QED) is 0.876. The number of hydrogen-bond acceptors (Lipinski definition) is 2. The first-order chi connectivity index (χ1) is 6.04. The fourth-order valence-electron chi connectivity index (χ4n) is 1.04. The summed E-state index contributed by atoms with van der Waals surface area (Å²) in [6.45, 7) is 1.53. The Bertz CT molecular complexity index is 309. The third kappa shape index (κ3) is 2.92. The van der Waals surface area contributed by atoms with E-state index < -0.39 is 18.0 Å². The molecule has 2 atom stereocenters. The highest BCUT2D eigenvalue weighted by Gasteiger charge is 2.17. The molecule has 1 aromatic carbocycles. The van der Waals surface area contributed by atoms with Crippen LogP contribution in [0.4, 0.5) is 4.39 Å². The average molecular weight is 285 g/mol. The van der Waals surface area contributed by atoms with E-state index in [0.717, 1.165) is 0 Å². The molecule has 0 saturated carbocycles. The Morgan fingerprint density at radius 3 is 2.57 bits per heavy atom. The molecule has 0 aliphatic carbocycles. The SMILES string of the molecule is C[C@@H](O)[C@@H](N)c1cccc(Br)c1F.Cl. The van der Waals surface area contributed by atoms with Crippen molar-refractivity contribution in [2.75, 3.05) is 0 Å². The third-order valence-electron chi connectivity index (χ3n) is 1.86. The Kier molecular flexibility index (Phi) is 5.59. The van der Waals surface area contributed by atoms with Gasteiger partial charge in [-0.15, -0.1) is 12.4 Å². The van der Waals surface area contributed by atoms with E-state index in [9.17, 15) is 9.50 Å². The van der Waals surface area contributed by atoms with Gasteiger partial charge in [-0.1, -0.05) is 12.1 Å². The largest absolute Gasteiger partial charge is 0.391 e. The maximum atomic E-state index is 13.4. The minimum Gasteiger partial charge on any atom is -0.391 e. The predicted molar refractivity (Wildman–Crippen MR) is 60.0 cm³/mol. The fraction of sp³-hybridized carbons (Fsp3) is 0.333. The highest BCUT2D eigenvalue weighted by molar-refractivity contribution is 9.10. The Labute approximate surface area is 96.8 Å². The summed E-state index contributed by atoms with van der Waals surface area (Å²) >= 11 is 3.05. The molecule has 0 heterocycles. The van der Waals surface area contributed by atoms with Crippen LogP contribution in [0.1, 0.15) is 18.5 Å². The molecule has 14 heavy (non-hydrogen) atoms. The topological polar surface area (TPSA) is 46.2 Å². The molecule has 0 fully saturated rings. The second-order valence-corrected chi connectivity index (χ2v) is 3.76. The summed E-state index contributed by atoms with van der Waals surface area (Å²) in [5.41, 5.74) is 5.92. The second kappa shape index (κ2) is 5.66. The molecule has 5 heteroatoms. The second-order valence-electron chi connectivity index (χ2n) is 2.91. The van der Waals surface area contributed by atoms with Gasteiger partial charge in [-0.05, 0) is 28.9 Å². The summed E-state index contributed by atoms with van der Waals surface area (Å²) in [5, 5.41) is 9.18. The lowest BCUT2D eigenvalue weighted by molar-refractivity contribution is 0.162. The molecule has 0 amide bonds. The summed E-state index contributed by atoms with van der Waals surface area (Å²) in [6.07, 6.45) is -0.760. The van der Waals surface area contributed by atoms with Crippen LogP contribution in [0.25, 0.3) is 0 Å². The Hall–Kier alpha value is -0.160. The van der Waals surface area contributed by atoms with E-state index in [-0.39, 0.29) is 12.4 Å². The van der Waals surface area contributed by atoms with Crippen molar-refractivity contribution in [1.82, 2.24) is 0 Å². The lowest BCUT2D eigenvalue weighted by atomic mass is 10.0. The summed E-state index contributed by atoms with van der Waals surface area (Å²) < 4.78 is 13.7. The van der Waals surface area contributed by atoms with Crippen LogP contribution in [0.15, 0.2) is 22.7 Å². The van der Waals surface area contributed by atoms with Crippen LogP contribution in [-0.2, 0) is 0 Å². The van der Waals surface area contributed by atoms with E-state index in [1.54, 1.807) is 18.2 Å². The van der Waals surface area contributed by atoms with E-state index in [0.29, 0.717) is 10.0 Å². The van der Waals surface area contributed by atoms with Crippen LogP contribution < -0.4 is 5.73 Å². The van der Waals surface area contributed by atoms with Gasteiger partial charge in [0.15, 0.2) is 0 Å². The lowest BCUT2D eigenvalue weighted by Gasteiger charge is -2.16. The molecule has 0 saturated heterocycles. The molecule has 3 N–H and O–H groups in total. The standard InChI is InChI=1S/C9H11BrFNO.ClH/c1-5(13)9(12)6-3-2-4-7(10)8(6)11;/h2-5,9,13H,12H2,1H3;1H/t5-,9-;/m1./s1. The number of rotatable bonds is 2. The highest BCUT2D eigenvalue weighted by Crippen LogP contribution is 2.23. The van der Waals surface area contributed by atoms with E-state index >= 15 is 0 Å². The van der Waals surface area contributed by atoms with Gasteiger partial charge in [0, 0.05) is 5.56 Å². The van der Waals surface area contributed by atoms with Gasteiger partial charge >= 0.3 is 0 Å². The van der Waals surface area contributed by atoms with Gasteiger partial charge in [0.05, 0.1) is 16.6 Å². The minimum atomic E-state index is -0.760. The molecule has 80 valence electrons. The van der Waals surface area contributed by atoms with Crippen molar-refractivity contribution in [2.24, 2.45) is 5.73 Å². The van der Waals surface area contributed by atoms with E-state index in [1.807, 2.05) is 0 Å². The molecule has 2 nitrogen and oxygen atoms in total. The molecule has 0 aromatic heterocycles. The first-order valence-electron chi connectivity index (χ1n) is 3.91. The fourth-order valence-corrected chi connectivity index (χ4v) is 1.42. The molecular weight excluding hydrogens is 272 g/mol. The first kappa shape index (κ1) is 13.8. The number of aliphatic hydroxyl groups excluding tert-OH is 1. The zero-order valence-electron chi connectivity index (χ0n) is 7.58. The molecule has 1 aromatic rings. The molecule has 0 aliphatic heterocycles. The van der Waals surface area contributed by atoms with Crippen LogP contribution in [0.3, 0.4) is 0 Å². The highest BCUT2D eigenvalue weighted by atomic mass is 79.9. The van der Waals surface area contributed by atoms with Crippen molar-refractivity contribution in [3.63, 3.8) is 0 Å². The number of hydrogen-bond donors (Lipinski definition) is 2. The van der Waals surface area contributed by atoms with Gasteiger partial charge in [0.25, 0.3) is 0 Å². The van der Waals surface area contributed by atoms with Crippen molar-refractivity contribution in [2.45, 2.75) is 19.1 Å². The summed E-state index contributed by atoms with van der Waals surface area (Å²) in [5.74, 6) is -0.407. The average Bonchev–Trinajstić information content (AvgIpc) is 2.08. The zero-order chi connectivity index (χ0) is 10.0. The summed E-state index contributed by atoms with van der Waals surface area (Å²) in [6, 6.07) is 4.16. The van der Waals surface area contributed by atoms with Crippen molar-refractivity contribution < 1.29 is 9.50 Å². The molecule has 0 aliphatic rings. The number of halogens is 3. The van der Waals surface area contributed by atoms with Gasteiger partial charge in [-0.2, -0.15) is 0 Å². The molecule has 0 bridgehead atoms. The van der Waals surface area contributed by atoms with Crippen LogP contribution in [0.2, 0.25) is 0 Å². The molecular formula is C9H12BrClFNO. The lowest BCUT2D eigenvalue weighted by Crippen LogP contribution is -2.24. The summed E-state index contributed by atoms with van der Waals surface area (Å²) in [7, 11) is 0. The van der Waals surface area contributed by atoms with E-state index in [2.05, 4.69) is 15.9 Å². The van der Waals surface area contributed by atoms with Crippen LogP contribution in [-0.4, -0.2) is 11.2 Å². The first-order valence-corrected chi connectivity index (χ1v) is 4.71. The van der Waals surface area contributed by atoms with Crippen LogP contribution in [0, 0.1) is 5.82 Å². The number of aliphatic hydroxyl groups is 1. The third-order valence-corrected chi connectivity index (χ3v) is 2.47. The molecule has 0 spiro atoms. The van der Waals surface area contributed by atoms with Crippen molar-refractivity contribution in [3.8, 4) is 0 Å². The minimum absolute atomic E-state index is 0. The van der Waals surface area contributed by atoms with E-state index in [4.69, 9.17) is 5.73 Å². The smallest absolute Gasteiger partial charge is 0.142 e. The molecule has 0 radical (unpaired) electrons. The molecule has 1 rings (SSSR count). The van der Waals surface area contributed by atoms with E-state index in [1.165, 1.54) is 6.92 Å². The maximum Gasteiger partial charge on any atom is 0.142 e. The van der Waals surface area contributed by atoms with Gasteiger partial charge < -0.3 is 10.8 Å². The van der Waals surface area contributed by atoms with Crippen molar-refractivity contribution in [3.05, 3.63) is 34.1 Å². The van der Waals surface area contributed by atoms with Crippen molar-refractivity contribution >= 4 is 28.3 Å². The Morgan fingerprint density at radius 1 is 1.50 bits per heavy atom. The van der Waals surface area contributed by atoms with Gasteiger partial charge in [-0.25, -0.2) is 4.39 Å². The predicted octanol–water partition coefficient (Wildman–Crippen LogP) is 2.39. The normalized spacial score (nSPS) is 14.4. The Morgan fingerprint density at radius 2 is 2.07 bits per heavy atom.